The van der Waals surface area contributed by atoms with E-state index in [2.05, 4.69) is 25.0 Å². The summed E-state index contributed by atoms with van der Waals surface area (Å²) in [6, 6.07) is 3.04. The van der Waals surface area contributed by atoms with Crippen molar-refractivity contribution in [3.8, 4) is 5.88 Å². The zero-order valence-electron chi connectivity index (χ0n) is 11.2. The first kappa shape index (κ1) is 15.7. The van der Waals surface area contributed by atoms with Crippen molar-refractivity contribution in [1.29, 1.82) is 0 Å². The molecular weight excluding hydrogens is 301 g/mol. The van der Waals surface area contributed by atoms with Crippen LogP contribution in [0.25, 0.3) is 0 Å². The quantitative estimate of drug-likeness (QED) is 0.910. The largest absolute Gasteiger partial charge is 0.468 e. The molecule has 1 N–H and O–H groups in total. The third kappa shape index (κ3) is 4.69. The minimum absolute atomic E-state index is 0.0452. The smallest absolute Gasteiger partial charge is 0.422 e. The van der Waals surface area contributed by atoms with Gasteiger partial charge in [-0.05, 0) is 6.07 Å². The Morgan fingerprint density at radius 3 is 2.73 bits per heavy atom. The van der Waals surface area contributed by atoms with Gasteiger partial charge < -0.3 is 10.1 Å². The molecule has 2 aromatic heterocycles. The lowest BCUT2D eigenvalue weighted by molar-refractivity contribution is -0.154. The second-order valence-corrected chi connectivity index (χ2v) is 4.14. The van der Waals surface area contributed by atoms with Gasteiger partial charge in [-0.1, -0.05) is 6.07 Å². The van der Waals surface area contributed by atoms with Crippen molar-refractivity contribution < 1.29 is 22.7 Å². The van der Waals surface area contributed by atoms with E-state index in [1.54, 1.807) is 0 Å². The van der Waals surface area contributed by atoms with Crippen LogP contribution in [0.2, 0.25) is 0 Å². The Balaban J connectivity index is 1.99. The molecule has 0 aliphatic heterocycles. The average molecular weight is 312 g/mol. The van der Waals surface area contributed by atoms with Gasteiger partial charge in [0.1, 0.15) is 5.69 Å². The number of nitrogens with zero attached hydrogens (tertiary/aromatic N) is 3. The van der Waals surface area contributed by atoms with Gasteiger partial charge in [-0.2, -0.15) is 13.2 Å². The van der Waals surface area contributed by atoms with E-state index < -0.39 is 18.7 Å². The number of nitrogens with one attached hydrogen (secondary N) is 1. The molecule has 0 aliphatic carbocycles. The van der Waals surface area contributed by atoms with Gasteiger partial charge in [0, 0.05) is 30.7 Å². The predicted molar refractivity (Wildman–Crippen MR) is 69.0 cm³/mol. The van der Waals surface area contributed by atoms with Gasteiger partial charge in [-0.15, -0.1) is 0 Å². The molecule has 0 bridgehead atoms. The molecule has 0 saturated heterocycles. The van der Waals surface area contributed by atoms with Crippen molar-refractivity contribution in [3.05, 3.63) is 48.2 Å². The number of pyridine rings is 1. The number of hydrogen-bond acceptors (Lipinski definition) is 5. The first-order valence-corrected chi connectivity index (χ1v) is 6.13. The van der Waals surface area contributed by atoms with Gasteiger partial charge in [0.2, 0.25) is 5.88 Å². The fourth-order valence-electron chi connectivity index (χ4n) is 1.52. The molecule has 0 aliphatic rings. The predicted octanol–water partition coefficient (Wildman–Crippen LogP) is 1.74. The number of carbonyl (C=O) groups excluding carboxylic acids is 1. The Morgan fingerprint density at radius 2 is 2.05 bits per heavy atom. The number of amides is 1. The maximum absolute atomic E-state index is 12.2. The van der Waals surface area contributed by atoms with Crippen LogP contribution >= 0.6 is 0 Å². The zero-order valence-corrected chi connectivity index (χ0v) is 11.2. The second kappa shape index (κ2) is 6.83. The van der Waals surface area contributed by atoms with E-state index in [1.807, 2.05) is 0 Å². The molecule has 2 heterocycles. The topological polar surface area (TPSA) is 77.0 Å². The van der Waals surface area contributed by atoms with Crippen LogP contribution in [-0.4, -0.2) is 33.6 Å². The summed E-state index contributed by atoms with van der Waals surface area (Å²) in [7, 11) is 0. The molecule has 0 atom stereocenters. The SMILES string of the molecule is O=C(NCc1cccnc1OCC(F)(F)F)c1cnccn1. The third-order valence-corrected chi connectivity index (χ3v) is 2.46. The molecule has 22 heavy (non-hydrogen) atoms. The van der Waals surface area contributed by atoms with Gasteiger partial charge in [-0.3, -0.25) is 9.78 Å². The number of ether oxygens (including phenoxy) is 1. The summed E-state index contributed by atoms with van der Waals surface area (Å²) in [5.74, 6) is -0.682. The molecule has 0 fully saturated rings. The highest BCUT2D eigenvalue weighted by molar-refractivity contribution is 5.91. The Bertz CT molecular complexity index is 635. The third-order valence-electron chi connectivity index (χ3n) is 2.46. The fourth-order valence-corrected chi connectivity index (χ4v) is 1.52. The van der Waals surface area contributed by atoms with E-state index in [9.17, 15) is 18.0 Å². The van der Waals surface area contributed by atoms with Crippen LogP contribution in [0, 0.1) is 0 Å². The van der Waals surface area contributed by atoms with Crippen molar-refractivity contribution in [3.63, 3.8) is 0 Å². The maximum atomic E-state index is 12.2. The molecule has 1 amide bonds. The van der Waals surface area contributed by atoms with Gasteiger partial charge in [0.15, 0.2) is 6.61 Å². The Hall–Kier alpha value is -2.71. The van der Waals surface area contributed by atoms with E-state index in [4.69, 9.17) is 0 Å². The Kier molecular flexibility index (Phi) is 4.87. The van der Waals surface area contributed by atoms with Crippen molar-refractivity contribution >= 4 is 5.91 Å². The summed E-state index contributed by atoms with van der Waals surface area (Å²) < 4.78 is 41.1. The molecule has 0 radical (unpaired) electrons. The molecular formula is C13H11F3N4O2. The molecule has 6 nitrogen and oxygen atoms in total. The van der Waals surface area contributed by atoms with Gasteiger partial charge in [0.25, 0.3) is 5.91 Å². The number of carbonyl (C=O) groups is 1. The van der Waals surface area contributed by atoms with Crippen LogP contribution in [0.15, 0.2) is 36.9 Å². The van der Waals surface area contributed by atoms with E-state index in [0.29, 0.717) is 5.56 Å². The summed E-state index contributed by atoms with van der Waals surface area (Å²) in [5.41, 5.74) is 0.424. The van der Waals surface area contributed by atoms with Crippen molar-refractivity contribution in [1.82, 2.24) is 20.3 Å². The molecule has 2 rings (SSSR count). The number of halogens is 3. The van der Waals surface area contributed by atoms with Crippen LogP contribution in [0.3, 0.4) is 0 Å². The molecule has 0 unspecified atom stereocenters. The molecule has 116 valence electrons. The maximum Gasteiger partial charge on any atom is 0.422 e. The Labute approximate surface area is 123 Å². The number of rotatable bonds is 5. The van der Waals surface area contributed by atoms with Crippen molar-refractivity contribution in [2.24, 2.45) is 0 Å². The highest BCUT2D eigenvalue weighted by Crippen LogP contribution is 2.19. The van der Waals surface area contributed by atoms with Crippen LogP contribution in [0.1, 0.15) is 16.1 Å². The molecule has 0 saturated carbocycles. The first-order valence-electron chi connectivity index (χ1n) is 6.13. The lowest BCUT2D eigenvalue weighted by Gasteiger charge is -2.12. The van der Waals surface area contributed by atoms with E-state index >= 15 is 0 Å². The minimum atomic E-state index is -4.46. The van der Waals surface area contributed by atoms with Crippen LogP contribution < -0.4 is 10.1 Å². The number of hydrogen-bond donors (Lipinski definition) is 1. The van der Waals surface area contributed by atoms with E-state index in [0.717, 1.165) is 0 Å². The van der Waals surface area contributed by atoms with E-state index in [1.165, 1.54) is 36.9 Å². The molecule has 9 heteroatoms. The Morgan fingerprint density at radius 1 is 1.23 bits per heavy atom. The number of alkyl halides is 3. The fraction of sp³-hybridized carbons (Fsp3) is 0.231. The molecule has 0 spiro atoms. The van der Waals surface area contributed by atoms with Crippen LogP contribution in [0.5, 0.6) is 5.88 Å². The zero-order chi connectivity index (χ0) is 16.0. The highest BCUT2D eigenvalue weighted by atomic mass is 19.4. The first-order chi connectivity index (χ1) is 10.5. The van der Waals surface area contributed by atoms with Gasteiger partial charge in [0.05, 0.1) is 6.20 Å². The summed E-state index contributed by atoms with van der Waals surface area (Å²) in [4.78, 5) is 23.1. The molecule has 2 aromatic rings. The standard InChI is InChI=1S/C13H11F3N4O2/c14-13(15,16)8-22-12-9(2-1-3-19-12)6-20-11(21)10-7-17-4-5-18-10/h1-5,7H,6,8H2,(H,20,21). The number of aromatic nitrogens is 3. The van der Waals surface area contributed by atoms with Crippen LogP contribution in [0.4, 0.5) is 13.2 Å². The van der Waals surface area contributed by atoms with Gasteiger partial charge >= 0.3 is 6.18 Å². The van der Waals surface area contributed by atoms with Gasteiger partial charge in [-0.25, -0.2) is 9.97 Å². The summed E-state index contributed by atoms with van der Waals surface area (Å²) in [5, 5.41) is 2.51. The normalized spacial score (nSPS) is 11.0. The van der Waals surface area contributed by atoms with Crippen molar-refractivity contribution in [2.75, 3.05) is 6.61 Å². The van der Waals surface area contributed by atoms with Crippen molar-refractivity contribution in [2.45, 2.75) is 12.7 Å². The van der Waals surface area contributed by atoms with Crippen LogP contribution in [-0.2, 0) is 6.54 Å². The lowest BCUT2D eigenvalue weighted by atomic mass is 10.2. The summed E-state index contributed by atoms with van der Waals surface area (Å²) in [6.45, 7) is -1.49. The van der Waals surface area contributed by atoms with E-state index in [-0.39, 0.29) is 18.1 Å². The minimum Gasteiger partial charge on any atom is -0.468 e. The molecule has 0 aromatic carbocycles. The second-order valence-electron chi connectivity index (χ2n) is 4.14. The summed E-state index contributed by atoms with van der Waals surface area (Å²) >= 11 is 0. The summed E-state index contributed by atoms with van der Waals surface area (Å²) in [6.07, 6.45) is 0.898. The highest BCUT2D eigenvalue weighted by Gasteiger charge is 2.29. The lowest BCUT2D eigenvalue weighted by Crippen LogP contribution is -2.25. The average Bonchev–Trinajstić information content (AvgIpc) is 2.51. The monoisotopic (exact) mass is 312 g/mol.